The van der Waals surface area contributed by atoms with Crippen LogP contribution >= 0.6 is 11.6 Å². The second kappa shape index (κ2) is 8.08. The Kier molecular flexibility index (Phi) is 6.72. The Morgan fingerprint density at radius 1 is 1.50 bits per heavy atom. The Labute approximate surface area is 112 Å². The number of ether oxygens (including phenoxy) is 1. The monoisotopic (exact) mass is 271 g/mol. The van der Waals surface area contributed by atoms with Gasteiger partial charge in [0.15, 0.2) is 0 Å². The highest BCUT2D eigenvalue weighted by Crippen LogP contribution is 2.15. The highest BCUT2D eigenvalue weighted by atomic mass is 35.5. The summed E-state index contributed by atoms with van der Waals surface area (Å²) < 4.78 is 5.26. The zero-order valence-corrected chi connectivity index (χ0v) is 11.1. The van der Waals surface area contributed by atoms with Gasteiger partial charge < -0.3 is 15.2 Å². The number of rotatable bonds is 7. The molecule has 0 fully saturated rings. The van der Waals surface area contributed by atoms with Gasteiger partial charge in [-0.3, -0.25) is 4.79 Å². The Hall–Kier alpha value is -1.10. The lowest BCUT2D eigenvalue weighted by Gasteiger charge is -2.08. The van der Waals surface area contributed by atoms with Crippen LogP contribution < -0.4 is 5.32 Å². The molecular formula is C13H18ClNO3. The van der Waals surface area contributed by atoms with Crippen molar-refractivity contribution in [2.45, 2.75) is 26.1 Å². The number of halogens is 1. The molecule has 100 valence electrons. The average Bonchev–Trinajstić information content (AvgIpc) is 2.31. The van der Waals surface area contributed by atoms with Crippen LogP contribution in [-0.4, -0.2) is 30.3 Å². The third-order valence-corrected chi connectivity index (χ3v) is 2.70. The molecule has 1 aromatic rings. The molecule has 4 nitrogen and oxygen atoms in total. The molecule has 0 bridgehead atoms. The van der Waals surface area contributed by atoms with Gasteiger partial charge in [0, 0.05) is 11.6 Å². The minimum absolute atomic E-state index is 0.00890. The summed E-state index contributed by atoms with van der Waals surface area (Å²) in [5, 5.41) is 12.3. The number of amides is 1. The first-order valence-corrected chi connectivity index (χ1v) is 6.23. The Morgan fingerprint density at radius 3 is 2.89 bits per heavy atom. The summed E-state index contributed by atoms with van der Waals surface area (Å²) >= 11 is 5.95. The minimum atomic E-state index is -0.408. The first-order valence-electron chi connectivity index (χ1n) is 5.85. The molecule has 1 aromatic carbocycles. The average molecular weight is 272 g/mol. The zero-order valence-electron chi connectivity index (χ0n) is 10.4. The van der Waals surface area contributed by atoms with Crippen molar-refractivity contribution < 1.29 is 14.6 Å². The van der Waals surface area contributed by atoms with Gasteiger partial charge >= 0.3 is 0 Å². The van der Waals surface area contributed by atoms with E-state index in [1.807, 2.05) is 18.2 Å². The van der Waals surface area contributed by atoms with Gasteiger partial charge in [-0.2, -0.15) is 0 Å². The Bertz CT molecular complexity index is 382. The molecule has 0 aliphatic heterocycles. The maximum Gasteiger partial charge on any atom is 0.246 e. The first kappa shape index (κ1) is 15.0. The van der Waals surface area contributed by atoms with Gasteiger partial charge in [-0.05, 0) is 25.0 Å². The molecule has 0 radical (unpaired) electrons. The third-order valence-electron chi connectivity index (χ3n) is 2.33. The van der Waals surface area contributed by atoms with Crippen LogP contribution in [0, 0.1) is 0 Å². The molecule has 1 atom stereocenters. The second-order valence-electron chi connectivity index (χ2n) is 4.07. The number of nitrogens with one attached hydrogen (secondary N) is 1. The fourth-order valence-corrected chi connectivity index (χ4v) is 1.53. The normalized spacial score (nSPS) is 12.2. The smallest absolute Gasteiger partial charge is 0.246 e. The molecule has 1 amide bonds. The largest absolute Gasteiger partial charge is 0.393 e. The van der Waals surface area contributed by atoms with Crippen molar-refractivity contribution in [1.29, 1.82) is 0 Å². The van der Waals surface area contributed by atoms with E-state index in [4.69, 9.17) is 21.4 Å². The van der Waals surface area contributed by atoms with E-state index in [0.29, 0.717) is 24.6 Å². The van der Waals surface area contributed by atoms with Crippen molar-refractivity contribution in [2.24, 2.45) is 0 Å². The number of aliphatic hydroxyl groups excluding tert-OH is 1. The van der Waals surface area contributed by atoms with E-state index in [1.54, 1.807) is 13.0 Å². The summed E-state index contributed by atoms with van der Waals surface area (Å²) in [5.74, 6) is -0.192. The third kappa shape index (κ3) is 6.00. The van der Waals surface area contributed by atoms with Crippen molar-refractivity contribution in [3.05, 3.63) is 34.9 Å². The van der Waals surface area contributed by atoms with Gasteiger partial charge in [-0.15, -0.1) is 0 Å². The number of carbonyl (C=O) groups excluding carboxylic acids is 1. The predicted molar refractivity (Wildman–Crippen MR) is 70.4 cm³/mol. The number of aliphatic hydroxyl groups is 1. The van der Waals surface area contributed by atoms with Crippen LogP contribution in [-0.2, 0) is 16.1 Å². The maximum absolute atomic E-state index is 11.3. The van der Waals surface area contributed by atoms with Crippen LogP contribution in [0.3, 0.4) is 0 Å². The molecule has 1 unspecified atom stereocenters. The van der Waals surface area contributed by atoms with Gasteiger partial charge in [0.05, 0.1) is 12.7 Å². The van der Waals surface area contributed by atoms with E-state index in [1.165, 1.54) is 0 Å². The van der Waals surface area contributed by atoms with E-state index in [9.17, 15) is 4.79 Å². The fraction of sp³-hybridized carbons (Fsp3) is 0.462. The van der Waals surface area contributed by atoms with Gasteiger partial charge in [0.25, 0.3) is 0 Å². The molecule has 0 aliphatic rings. The summed E-state index contributed by atoms with van der Waals surface area (Å²) in [6.45, 7) is 2.43. The van der Waals surface area contributed by atoms with Crippen molar-refractivity contribution >= 4 is 17.5 Å². The summed E-state index contributed by atoms with van der Waals surface area (Å²) in [6.07, 6.45) is 0.130. The van der Waals surface area contributed by atoms with Crippen LogP contribution in [0.4, 0.5) is 0 Å². The zero-order chi connectivity index (χ0) is 13.4. The number of hydrogen-bond donors (Lipinski definition) is 2. The molecule has 0 aliphatic carbocycles. The van der Waals surface area contributed by atoms with Gasteiger partial charge in [0.2, 0.25) is 5.91 Å². The molecule has 0 saturated heterocycles. The molecule has 1 rings (SSSR count). The highest BCUT2D eigenvalue weighted by Gasteiger charge is 2.04. The lowest BCUT2D eigenvalue weighted by Crippen LogP contribution is -2.29. The van der Waals surface area contributed by atoms with Crippen LogP contribution in [0.1, 0.15) is 18.9 Å². The SMILES string of the molecule is CC(O)CCNC(=O)COCc1ccccc1Cl. The van der Waals surface area contributed by atoms with Gasteiger partial charge in [-0.25, -0.2) is 0 Å². The van der Waals surface area contributed by atoms with Crippen molar-refractivity contribution in [2.75, 3.05) is 13.2 Å². The van der Waals surface area contributed by atoms with E-state index in [0.717, 1.165) is 5.56 Å². The van der Waals surface area contributed by atoms with Crippen molar-refractivity contribution in [3.8, 4) is 0 Å². The number of carbonyl (C=O) groups is 1. The minimum Gasteiger partial charge on any atom is -0.393 e. The van der Waals surface area contributed by atoms with E-state index < -0.39 is 6.10 Å². The van der Waals surface area contributed by atoms with Crippen molar-refractivity contribution in [1.82, 2.24) is 5.32 Å². The van der Waals surface area contributed by atoms with Gasteiger partial charge in [0.1, 0.15) is 6.61 Å². The molecule has 5 heteroatoms. The maximum atomic E-state index is 11.3. The Balaban J connectivity index is 2.18. The van der Waals surface area contributed by atoms with E-state index in [2.05, 4.69) is 5.32 Å². The van der Waals surface area contributed by atoms with Crippen LogP contribution in [0.2, 0.25) is 5.02 Å². The van der Waals surface area contributed by atoms with Crippen LogP contribution in [0.5, 0.6) is 0 Å². The number of hydrogen-bond acceptors (Lipinski definition) is 3. The predicted octanol–water partition coefficient (Wildman–Crippen LogP) is 1.74. The molecule has 18 heavy (non-hydrogen) atoms. The molecule has 0 aromatic heterocycles. The molecule has 0 heterocycles. The molecule has 0 spiro atoms. The summed E-state index contributed by atoms with van der Waals surface area (Å²) in [5.41, 5.74) is 0.857. The molecule has 0 saturated carbocycles. The van der Waals surface area contributed by atoms with Gasteiger partial charge in [-0.1, -0.05) is 29.8 Å². The summed E-state index contributed by atoms with van der Waals surface area (Å²) in [4.78, 5) is 11.3. The lowest BCUT2D eigenvalue weighted by atomic mass is 10.2. The summed E-state index contributed by atoms with van der Waals surface area (Å²) in [6, 6.07) is 7.35. The second-order valence-corrected chi connectivity index (χ2v) is 4.48. The molecule has 2 N–H and O–H groups in total. The Morgan fingerprint density at radius 2 is 2.22 bits per heavy atom. The van der Waals surface area contributed by atoms with Crippen LogP contribution in [0.15, 0.2) is 24.3 Å². The standard InChI is InChI=1S/C13H18ClNO3/c1-10(16)6-7-15-13(17)9-18-8-11-4-2-3-5-12(11)14/h2-5,10,16H,6-9H2,1H3,(H,15,17). The highest BCUT2D eigenvalue weighted by molar-refractivity contribution is 6.31. The topological polar surface area (TPSA) is 58.6 Å². The van der Waals surface area contributed by atoms with E-state index >= 15 is 0 Å². The fourth-order valence-electron chi connectivity index (χ4n) is 1.34. The summed E-state index contributed by atoms with van der Waals surface area (Å²) in [7, 11) is 0. The quantitative estimate of drug-likeness (QED) is 0.794. The molecular weight excluding hydrogens is 254 g/mol. The first-order chi connectivity index (χ1) is 8.59. The lowest BCUT2D eigenvalue weighted by molar-refractivity contribution is -0.126. The van der Waals surface area contributed by atoms with Crippen molar-refractivity contribution in [3.63, 3.8) is 0 Å². The number of benzene rings is 1. The van der Waals surface area contributed by atoms with E-state index in [-0.39, 0.29) is 12.5 Å². The van der Waals surface area contributed by atoms with Crippen LogP contribution in [0.25, 0.3) is 0 Å².